The van der Waals surface area contributed by atoms with Gasteiger partial charge in [0.2, 0.25) is 5.91 Å². The lowest BCUT2D eigenvalue weighted by Gasteiger charge is -2.54. The monoisotopic (exact) mass is 390 g/mol. The normalized spacial score (nSPS) is 24.2. The average molecular weight is 391 g/mol. The number of nitrogens with one attached hydrogen (secondary N) is 1. The Labute approximate surface area is 166 Å². The maximum atomic E-state index is 14.4. The molecule has 1 amide bonds. The van der Waals surface area contributed by atoms with E-state index >= 15 is 0 Å². The third-order valence-electron chi connectivity index (χ3n) is 7.19. The molecule has 3 aliphatic rings. The van der Waals surface area contributed by atoms with E-state index in [1.807, 2.05) is 6.92 Å². The van der Waals surface area contributed by atoms with Gasteiger partial charge in [0.25, 0.3) is 0 Å². The van der Waals surface area contributed by atoms with Crippen molar-refractivity contribution in [1.29, 1.82) is 0 Å². The molecule has 3 fully saturated rings. The van der Waals surface area contributed by atoms with Crippen LogP contribution in [-0.4, -0.2) is 36.6 Å². The molecule has 1 aromatic rings. The predicted octanol–water partition coefficient (Wildman–Crippen LogP) is 5.09. The Bertz CT molecular complexity index is 680. The highest BCUT2D eigenvalue weighted by atomic mass is 19.1. The number of rotatable bonds is 5. The van der Waals surface area contributed by atoms with Gasteiger partial charge in [-0.25, -0.2) is 8.78 Å². The van der Waals surface area contributed by atoms with Crippen LogP contribution in [-0.2, 0) is 4.79 Å². The number of benzene rings is 1. The SMILES string of the molecule is Cc1cc(F)cc(NC(=O)C2CCC3(CC2)CN(CC(F)C2CCCC2)C3)c1. The molecule has 28 heavy (non-hydrogen) atoms. The van der Waals surface area contributed by atoms with E-state index in [1.54, 1.807) is 6.07 Å². The first kappa shape index (κ1) is 19.8. The largest absolute Gasteiger partial charge is 0.326 e. The van der Waals surface area contributed by atoms with Crippen LogP contribution in [0, 0.1) is 30.0 Å². The standard InChI is InChI=1S/C23H32F2N2O/c1-16-10-19(24)12-20(11-16)26-22(28)18-6-8-23(9-7-18)14-27(15-23)13-21(25)17-4-2-3-5-17/h10-12,17-18,21H,2-9,13-15H2,1H3,(H,26,28). The molecule has 1 spiro atoms. The number of carbonyl (C=O) groups excluding carboxylic acids is 1. The van der Waals surface area contributed by atoms with Gasteiger partial charge in [-0.2, -0.15) is 0 Å². The molecule has 2 saturated carbocycles. The Kier molecular flexibility index (Phi) is 5.73. The highest BCUT2D eigenvalue weighted by Crippen LogP contribution is 2.46. The molecule has 1 saturated heterocycles. The first-order valence-corrected chi connectivity index (χ1v) is 10.9. The quantitative estimate of drug-likeness (QED) is 0.759. The number of hydrogen-bond donors (Lipinski definition) is 1. The Morgan fingerprint density at radius 2 is 1.86 bits per heavy atom. The van der Waals surface area contributed by atoms with E-state index < -0.39 is 6.17 Å². The van der Waals surface area contributed by atoms with Crippen LogP contribution >= 0.6 is 0 Å². The zero-order chi connectivity index (χ0) is 19.7. The van der Waals surface area contributed by atoms with Crippen molar-refractivity contribution >= 4 is 11.6 Å². The number of nitrogens with zero attached hydrogens (tertiary/aromatic N) is 1. The molecule has 1 heterocycles. The number of amides is 1. The summed E-state index contributed by atoms with van der Waals surface area (Å²) in [5, 5.41) is 2.88. The number of likely N-dealkylation sites (tertiary alicyclic amines) is 1. The lowest BCUT2D eigenvalue weighted by Crippen LogP contribution is -2.59. The summed E-state index contributed by atoms with van der Waals surface area (Å²) in [7, 11) is 0. The number of aryl methyl sites for hydroxylation is 1. The molecule has 0 radical (unpaired) electrons. The summed E-state index contributed by atoms with van der Waals surface area (Å²) >= 11 is 0. The fraction of sp³-hybridized carbons (Fsp3) is 0.696. The molecule has 2 aliphatic carbocycles. The first-order chi connectivity index (χ1) is 13.4. The Balaban J connectivity index is 1.22. The van der Waals surface area contributed by atoms with E-state index in [-0.39, 0.29) is 23.6 Å². The van der Waals surface area contributed by atoms with Crippen LogP contribution in [0.15, 0.2) is 18.2 Å². The molecule has 1 atom stereocenters. The van der Waals surface area contributed by atoms with Crippen LogP contribution in [0.2, 0.25) is 0 Å². The van der Waals surface area contributed by atoms with Crippen molar-refractivity contribution in [2.75, 3.05) is 25.0 Å². The van der Waals surface area contributed by atoms with Crippen molar-refractivity contribution < 1.29 is 13.6 Å². The number of alkyl halides is 1. The molecule has 1 unspecified atom stereocenters. The summed E-state index contributed by atoms with van der Waals surface area (Å²) in [5.74, 6) is -0.0459. The Morgan fingerprint density at radius 1 is 1.18 bits per heavy atom. The summed E-state index contributed by atoms with van der Waals surface area (Å²) < 4.78 is 28.0. The summed E-state index contributed by atoms with van der Waals surface area (Å²) in [4.78, 5) is 14.8. The Morgan fingerprint density at radius 3 is 2.50 bits per heavy atom. The van der Waals surface area contributed by atoms with Crippen molar-refractivity contribution in [2.24, 2.45) is 17.3 Å². The topological polar surface area (TPSA) is 32.3 Å². The maximum Gasteiger partial charge on any atom is 0.227 e. The molecule has 1 aliphatic heterocycles. The summed E-state index contributed by atoms with van der Waals surface area (Å²) in [6, 6.07) is 4.63. The second-order valence-electron chi connectivity index (χ2n) is 9.51. The number of hydrogen-bond acceptors (Lipinski definition) is 2. The van der Waals surface area contributed by atoms with E-state index in [9.17, 15) is 13.6 Å². The molecule has 4 rings (SSSR count). The van der Waals surface area contributed by atoms with Crippen molar-refractivity contribution in [3.8, 4) is 0 Å². The van der Waals surface area contributed by atoms with Crippen molar-refractivity contribution in [1.82, 2.24) is 4.90 Å². The number of halogens is 2. The van der Waals surface area contributed by atoms with Gasteiger partial charge in [0, 0.05) is 31.2 Å². The molecule has 0 aromatic heterocycles. The van der Waals surface area contributed by atoms with Crippen LogP contribution in [0.4, 0.5) is 14.5 Å². The maximum absolute atomic E-state index is 14.4. The molecule has 154 valence electrons. The fourth-order valence-corrected chi connectivity index (χ4v) is 5.61. The third kappa shape index (κ3) is 4.40. The predicted molar refractivity (Wildman–Crippen MR) is 107 cm³/mol. The van der Waals surface area contributed by atoms with Crippen LogP contribution < -0.4 is 5.32 Å². The lowest BCUT2D eigenvalue weighted by molar-refractivity contribution is -0.123. The van der Waals surface area contributed by atoms with E-state index in [4.69, 9.17) is 0 Å². The van der Waals surface area contributed by atoms with E-state index in [0.29, 0.717) is 17.6 Å². The van der Waals surface area contributed by atoms with E-state index in [1.165, 1.54) is 25.0 Å². The first-order valence-electron chi connectivity index (χ1n) is 10.9. The van der Waals surface area contributed by atoms with Gasteiger partial charge in [-0.15, -0.1) is 0 Å². The van der Waals surface area contributed by atoms with Crippen molar-refractivity contribution in [2.45, 2.75) is 64.5 Å². The van der Waals surface area contributed by atoms with Gasteiger partial charge in [0.05, 0.1) is 0 Å². The van der Waals surface area contributed by atoms with Crippen LogP contribution in [0.3, 0.4) is 0 Å². The fourth-order valence-electron chi connectivity index (χ4n) is 5.61. The minimum atomic E-state index is -0.670. The highest BCUT2D eigenvalue weighted by Gasteiger charge is 2.46. The molecule has 1 aromatic carbocycles. The summed E-state index contributed by atoms with van der Waals surface area (Å²) in [6.45, 7) is 4.38. The van der Waals surface area contributed by atoms with Crippen molar-refractivity contribution in [3.63, 3.8) is 0 Å². The molecular weight excluding hydrogens is 358 g/mol. The molecular formula is C23H32F2N2O. The second-order valence-corrected chi connectivity index (χ2v) is 9.51. The molecule has 5 heteroatoms. The second kappa shape index (κ2) is 8.10. The zero-order valence-corrected chi connectivity index (χ0v) is 16.9. The molecule has 1 N–H and O–H groups in total. The zero-order valence-electron chi connectivity index (χ0n) is 16.9. The van der Waals surface area contributed by atoms with Gasteiger partial charge in [-0.05, 0) is 80.5 Å². The van der Waals surface area contributed by atoms with E-state index in [0.717, 1.165) is 57.2 Å². The smallest absolute Gasteiger partial charge is 0.227 e. The van der Waals surface area contributed by atoms with Gasteiger partial charge in [0.15, 0.2) is 0 Å². The van der Waals surface area contributed by atoms with Gasteiger partial charge in [-0.1, -0.05) is 12.8 Å². The number of anilines is 1. The Hall–Kier alpha value is -1.49. The van der Waals surface area contributed by atoms with Crippen LogP contribution in [0.1, 0.15) is 56.9 Å². The molecule has 3 nitrogen and oxygen atoms in total. The highest BCUT2D eigenvalue weighted by molar-refractivity contribution is 5.92. The minimum Gasteiger partial charge on any atom is -0.326 e. The molecule has 0 bridgehead atoms. The summed E-state index contributed by atoms with van der Waals surface area (Å²) in [5.41, 5.74) is 1.64. The van der Waals surface area contributed by atoms with Gasteiger partial charge in [0.1, 0.15) is 12.0 Å². The van der Waals surface area contributed by atoms with Crippen LogP contribution in [0.25, 0.3) is 0 Å². The average Bonchev–Trinajstić information content (AvgIpc) is 3.14. The van der Waals surface area contributed by atoms with E-state index in [2.05, 4.69) is 10.2 Å². The van der Waals surface area contributed by atoms with Crippen molar-refractivity contribution in [3.05, 3.63) is 29.6 Å². The lowest BCUT2D eigenvalue weighted by atomic mass is 9.65. The van der Waals surface area contributed by atoms with Gasteiger partial charge in [-0.3, -0.25) is 9.69 Å². The number of carbonyl (C=O) groups is 1. The van der Waals surface area contributed by atoms with Gasteiger partial charge < -0.3 is 5.32 Å². The minimum absolute atomic E-state index is 0.00100. The van der Waals surface area contributed by atoms with Crippen LogP contribution in [0.5, 0.6) is 0 Å². The van der Waals surface area contributed by atoms with Gasteiger partial charge >= 0.3 is 0 Å². The third-order valence-corrected chi connectivity index (χ3v) is 7.19. The summed E-state index contributed by atoms with van der Waals surface area (Å²) in [6.07, 6.45) is 7.63.